The van der Waals surface area contributed by atoms with E-state index in [0.29, 0.717) is 37.9 Å². The second-order valence-electron chi connectivity index (χ2n) is 14.3. The highest BCUT2D eigenvalue weighted by Gasteiger charge is 2.31. The molecule has 0 aliphatic heterocycles. The van der Waals surface area contributed by atoms with Crippen LogP contribution in [0.25, 0.3) is 0 Å². The topological polar surface area (TPSA) is 120 Å². The minimum atomic E-state index is -0.864. The highest BCUT2D eigenvalue weighted by Crippen LogP contribution is 2.23. The molecule has 1 aromatic rings. The number of ether oxygens (including phenoxy) is 2. The van der Waals surface area contributed by atoms with E-state index in [0.717, 1.165) is 13.0 Å². The molecule has 0 spiro atoms. The number of hydrogen-bond acceptors (Lipinski definition) is 7. The Morgan fingerprint density at radius 3 is 1.84 bits per heavy atom. The van der Waals surface area contributed by atoms with Crippen molar-refractivity contribution in [2.75, 3.05) is 13.1 Å². The largest absolute Gasteiger partial charge is 0.456 e. The fraction of sp³-hybridized carbons (Fsp3) is 0.757. The summed E-state index contributed by atoms with van der Waals surface area (Å²) >= 11 is 0. The van der Waals surface area contributed by atoms with Crippen molar-refractivity contribution in [1.29, 1.82) is 0 Å². The molecule has 1 rings (SSSR count). The summed E-state index contributed by atoms with van der Waals surface area (Å²) in [4.78, 5) is 40.1. The summed E-state index contributed by atoms with van der Waals surface area (Å²) in [6.45, 7) is 14.7. The summed E-state index contributed by atoms with van der Waals surface area (Å²) in [6, 6.07) is 4.42. The molecule has 258 valence electrons. The van der Waals surface area contributed by atoms with Gasteiger partial charge in [0, 0.05) is 12.1 Å². The van der Waals surface area contributed by atoms with E-state index in [1.165, 1.54) is 70.6 Å². The Kier molecular flexibility index (Phi) is 20.0. The number of carbonyl (C=O) groups is 3. The van der Waals surface area contributed by atoms with Crippen molar-refractivity contribution in [3.8, 4) is 0 Å². The number of Topliss-reactive ketones (excluding diaryl/α,β-unsaturated/α-hetero) is 1. The molecule has 0 saturated carbocycles. The molecule has 0 aromatic heterocycles. The second-order valence-corrected chi connectivity index (χ2v) is 14.3. The molecule has 1 atom stereocenters. The number of esters is 1. The van der Waals surface area contributed by atoms with E-state index in [1.807, 2.05) is 6.07 Å². The van der Waals surface area contributed by atoms with Gasteiger partial charge < -0.3 is 25.8 Å². The monoisotopic (exact) mass is 631 g/mol. The summed E-state index contributed by atoms with van der Waals surface area (Å²) in [5.41, 5.74) is 5.43. The zero-order valence-corrected chi connectivity index (χ0v) is 29.7. The van der Waals surface area contributed by atoms with Gasteiger partial charge in [-0.25, -0.2) is 9.59 Å². The van der Waals surface area contributed by atoms with Crippen LogP contribution >= 0.6 is 0 Å². The SMILES string of the molecule is CCCCCCCCCCCCCCNCc1cccc(C(=O)[C@H](CCCCN)NC(=O)OC(C)(C)C)c1C(=O)OC(C)(C)C. The predicted octanol–water partition coefficient (Wildman–Crippen LogP) is 8.64. The minimum absolute atomic E-state index is 0.239. The Morgan fingerprint density at radius 2 is 1.31 bits per heavy atom. The van der Waals surface area contributed by atoms with Gasteiger partial charge in [-0.05, 0) is 85.9 Å². The van der Waals surface area contributed by atoms with Crippen molar-refractivity contribution in [1.82, 2.24) is 10.6 Å². The molecule has 0 aliphatic carbocycles. The van der Waals surface area contributed by atoms with E-state index < -0.39 is 29.3 Å². The van der Waals surface area contributed by atoms with Crippen molar-refractivity contribution in [3.63, 3.8) is 0 Å². The number of hydrogen-bond donors (Lipinski definition) is 3. The van der Waals surface area contributed by atoms with Gasteiger partial charge in [0.25, 0.3) is 0 Å². The first-order chi connectivity index (χ1) is 21.3. The standard InChI is InChI=1S/C37H65N3O5/c1-8-9-10-11-12-13-14-15-16-17-18-21-27-39-28-29-23-22-24-30(32(29)34(42)44-36(2,3)4)33(41)31(25-19-20-26-38)40-35(43)45-37(5,6)7/h22-24,31,39H,8-21,25-28,38H2,1-7H3,(H,40,43)/t31-/m0/s1. The molecule has 0 aliphatic rings. The lowest BCUT2D eigenvalue weighted by atomic mass is 9.92. The van der Waals surface area contributed by atoms with Gasteiger partial charge in [-0.1, -0.05) is 95.8 Å². The Hall–Kier alpha value is -2.45. The lowest BCUT2D eigenvalue weighted by Gasteiger charge is -2.25. The molecule has 0 unspecified atom stereocenters. The number of alkyl carbamates (subject to hydrolysis) is 1. The third-order valence-electron chi connectivity index (χ3n) is 7.50. The van der Waals surface area contributed by atoms with Crippen LogP contribution in [0.4, 0.5) is 4.79 Å². The molecular formula is C37H65N3O5. The molecule has 1 amide bonds. The number of amides is 1. The molecule has 0 heterocycles. The number of benzene rings is 1. The van der Waals surface area contributed by atoms with Gasteiger partial charge in [-0.15, -0.1) is 0 Å². The fourth-order valence-corrected chi connectivity index (χ4v) is 5.24. The smallest absolute Gasteiger partial charge is 0.408 e. The van der Waals surface area contributed by atoms with Crippen LogP contribution in [0.3, 0.4) is 0 Å². The molecule has 8 heteroatoms. The Bertz CT molecular complexity index is 997. The maximum Gasteiger partial charge on any atom is 0.408 e. The summed E-state index contributed by atoms with van der Waals surface area (Å²) < 4.78 is 11.2. The third-order valence-corrected chi connectivity index (χ3v) is 7.50. The third kappa shape index (κ3) is 19.0. The normalized spacial score (nSPS) is 12.5. The van der Waals surface area contributed by atoms with Crippen LogP contribution in [-0.2, 0) is 16.0 Å². The van der Waals surface area contributed by atoms with Gasteiger partial charge in [0.15, 0.2) is 5.78 Å². The van der Waals surface area contributed by atoms with Gasteiger partial charge in [0.05, 0.1) is 11.6 Å². The summed E-state index contributed by atoms with van der Waals surface area (Å²) in [7, 11) is 0. The number of rotatable bonds is 23. The molecule has 45 heavy (non-hydrogen) atoms. The molecule has 1 aromatic carbocycles. The number of unbranched alkanes of at least 4 members (excludes halogenated alkanes) is 12. The first kappa shape index (κ1) is 40.6. The van der Waals surface area contributed by atoms with E-state index in [-0.39, 0.29) is 16.9 Å². The summed E-state index contributed by atoms with van der Waals surface area (Å²) in [6.07, 6.45) is 16.6. The van der Waals surface area contributed by atoms with Crippen molar-refractivity contribution < 1.29 is 23.9 Å². The Labute approximate surface area is 274 Å². The zero-order chi connectivity index (χ0) is 33.7. The van der Waals surface area contributed by atoms with Crippen molar-refractivity contribution in [3.05, 3.63) is 34.9 Å². The Morgan fingerprint density at radius 1 is 0.756 bits per heavy atom. The lowest BCUT2D eigenvalue weighted by Crippen LogP contribution is -2.44. The van der Waals surface area contributed by atoms with Gasteiger partial charge in [-0.3, -0.25) is 4.79 Å². The van der Waals surface area contributed by atoms with Crippen LogP contribution in [0.1, 0.15) is 171 Å². The van der Waals surface area contributed by atoms with Crippen molar-refractivity contribution >= 4 is 17.8 Å². The molecular weight excluding hydrogens is 566 g/mol. The van der Waals surface area contributed by atoms with Gasteiger partial charge in [0.2, 0.25) is 0 Å². The van der Waals surface area contributed by atoms with Gasteiger partial charge >= 0.3 is 12.1 Å². The maximum atomic E-state index is 14.0. The summed E-state index contributed by atoms with van der Waals surface area (Å²) in [5, 5.41) is 6.21. The maximum absolute atomic E-state index is 14.0. The number of nitrogens with one attached hydrogen (secondary N) is 2. The second kappa shape index (κ2) is 22.1. The van der Waals surface area contributed by atoms with E-state index >= 15 is 0 Å². The van der Waals surface area contributed by atoms with E-state index in [4.69, 9.17) is 15.2 Å². The van der Waals surface area contributed by atoms with Gasteiger partial charge in [-0.2, -0.15) is 0 Å². The van der Waals surface area contributed by atoms with Crippen LogP contribution in [0.15, 0.2) is 18.2 Å². The van der Waals surface area contributed by atoms with E-state index in [9.17, 15) is 14.4 Å². The first-order valence-corrected chi connectivity index (χ1v) is 17.6. The minimum Gasteiger partial charge on any atom is -0.456 e. The number of ketones is 1. The molecule has 0 radical (unpaired) electrons. The molecule has 0 saturated heterocycles. The average molecular weight is 632 g/mol. The van der Waals surface area contributed by atoms with Crippen LogP contribution in [-0.4, -0.2) is 48.2 Å². The number of carbonyl (C=O) groups excluding carboxylic acids is 3. The number of nitrogens with two attached hydrogens (primary N) is 1. The van der Waals surface area contributed by atoms with Crippen LogP contribution < -0.4 is 16.4 Å². The highest BCUT2D eigenvalue weighted by molar-refractivity contribution is 6.10. The average Bonchev–Trinajstić information content (AvgIpc) is 2.94. The quantitative estimate of drug-likeness (QED) is 0.0628. The lowest BCUT2D eigenvalue weighted by molar-refractivity contribution is 0.00661. The van der Waals surface area contributed by atoms with Gasteiger partial charge in [0.1, 0.15) is 11.2 Å². The molecule has 8 nitrogen and oxygen atoms in total. The molecule has 0 bridgehead atoms. The molecule has 0 fully saturated rings. The fourth-order valence-electron chi connectivity index (χ4n) is 5.24. The predicted molar refractivity (Wildman–Crippen MR) is 185 cm³/mol. The zero-order valence-electron chi connectivity index (χ0n) is 29.7. The Balaban J connectivity index is 2.88. The van der Waals surface area contributed by atoms with Crippen LogP contribution in [0.5, 0.6) is 0 Å². The summed E-state index contributed by atoms with van der Waals surface area (Å²) in [5.74, 6) is -0.895. The van der Waals surface area contributed by atoms with E-state index in [2.05, 4.69) is 17.6 Å². The first-order valence-electron chi connectivity index (χ1n) is 17.6. The van der Waals surface area contributed by atoms with Crippen molar-refractivity contribution in [2.24, 2.45) is 5.73 Å². The highest BCUT2D eigenvalue weighted by atomic mass is 16.6. The van der Waals surface area contributed by atoms with Crippen LogP contribution in [0.2, 0.25) is 0 Å². The van der Waals surface area contributed by atoms with E-state index in [1.54, 1.807) is 53.7 Å². The van der Waals surface area contributed by atoms with Crippen molar-refractivity contribution in [2.45, 2.75) is 169 Å². The molecule has 4 N–H and O–H groups in total. The van der Waals surface area contributed by atoms with Crippen LogP contribution in [0, 0.1) is 0 Å².